The molecule has 7 nitrogen and oxygen atoms in total. The van der Waals surface area contributed by atoms with Crippen molar-refractivity contribution >= 4 is 29.1 Å². The van der Waals surface area contributed by atoms with Gasteiger partial charge in [0, 0.05) is 6.54 Å². The maximum atomic E-state index is 10.8. The molecular formula is C7H15N5O2S. The Hall–Kier alpha value is -1.41. The molecule has 86 valence electrons. The van der Waals surface area contributed by atoms with Crippen LogP contribution in [0.5, 0.6) is 0 Å². The Bertz CT molecular complexity index is 273. The second-order valence-corrected chi connectivity index (χ2v) is 3.49. The number of aliphatic carboxylic acids is 1. The van der Waals surface area contributed by atoms with Gasteiger partial charge in [-0.25, -0.2) is 4.79 Å². The van der Waals surface area contributed by atoms with E-state index in [1.165, 1.54) is 0 Å². The molecule has 0 aliphatic carbocycles. The number of rotatable bonds is 6. The van der Waals surface area contributed by atoms with Crippen molar-refractivity contribution < 1.29 is 9.90 Å². The van der Waals surface area contributed by atoms with Crippen LogP contribution in [-0.4, -0.2) is 34.1 Å². The standard InChI is InChI=1S/C7H15N5O2S/c8-4(15)7(11,5(13)14)2-1-3-12-6(9)10/h1-3,11H2,(H2,8,15)(H,13,14)(H4,9,10,12). The first-order valence-corrected chi connectivity index (χ1v) is 4.59. The molecule has 9 N–H and O–H groups in total. The van der Waals surface area contributed by atoms with Gasteiger partial charge in [0.25, 0.3) is 0 Å². The summed E-state index contributed by atoms with van der Waals surface area (Å²) >= 11 is 4.59. The minimum absolute atomic E-state index is 0.0525. The van der Waals surface area contributed by atoms with E-state index >= 15 is 0 Å². The lowest BCUT2D eigenvalue weighted by Gasteiger charge is -2.22. The van der Waals surface area contributed by atoms with Gasteiger partial charge in [-0.1, -0.05) is 12.2 Å². The van der Waals surface area contributed by atoms with Gasteiger partial charge in [0.2, 0.25) is 0 Å². The lowest BCUT2D eigenvalue weighted by molar-refractivity contribution is -0.140. The van der Waals surface area contributed by atoms with Gasteiger partial charge in [-0.2, -0.15) is 0 Å². The molecule has 0 spiro atoms. The van der Waals surface area contributed by atoms with Gasteiger partial charge >= 0.3 is 5.97 Å². The van der Waals surface area contributed by atoms with Crippen molar-refractivity contribution in [1.82, 2.24) is 0 Å². The number of nitrogens with two attached hydrogens (primary N) is 4. The molecule has 1 atom stereocenters. The minimum Gasteiger partial charge on any atom is -0.480 e. The second-order valence-electron chi connectivity index (χ2n) is 3.05. The number of hydrogen-bond donors (Lipinski definition) is 5. The minimum atomic E-state index is -1.69. The lowest BCUT2D eigenvalue weighted by atomic mass is 9.95. The first kappa shape index (κ1) is 13.6. The Morgan fingerprint density at radius 3 is 2.27 bits per heavy atom. The van der Waals surface area contributed by atoms with E-state index in [9.17, 15) is 4.79 Å². The largest absolute Gasteiger partial charge is 0.480 e. The third-order valence-electron chi connectivity index (χ3n) is 1.84. The highest BCUT2D eigenvalue weighted by atomic mass is 32.1. The highest BCUT2D eigenvalue weighted by Crippen LogP contribution is 2.10. The molecule has 0 radical (unpaired) electrons. The third-order valence-corrected chi connectivity index (χ3v) is 2.21. The van der Waals surface area contributed by atoms with Crippen LogP contribution < -0.4 is 22.9 Å². The molecule has 0 aromatic carbocycles. The van der Waals surface area contributed by atoms with Gasteiger partial charge in [0.05, 0.1) is 0 Å². The smallest absolute Gasteiger partial charge is 0.330 e. The number of carboxylic acid groups (broad SMARTS) is 1. The van der Waals surface area contributed by atoms with E-state index in [0.717, 1.165) is 0 Å². The molecule has 8 heteroatoms. The van der Waals surface area contributed by atoms with Gasteiger partial charge in [-0.05, 0) is 12.8 Å². The number of aliphatic imine (C=N–C) groups is 1. The molecule has 0 rings (SSSR count). The normalized spacial score (nSPS) is 13.9. The number of thiocarbonyl (C=S) groups is 1. The summed E-state index contributed by atoms with van der Waals surface area (Å²) in [4.78, 5) is 14.2. The van der Waals surface area contributed by atoms with Crippen LogP contribution >= 0.6 is 12.2 Å². The molecule has 0 aliphatic heterocycles. The number of nitrogens with zero attached hydrogens (tertiary/aromatic N) is 1. The Morgan fingerprint density at radius 2 is 1.93 bits per heavy atom. The maximum Gasteiger partial charge on any atom is 0.330 e. The SMILES string of the molecule is NC(=S)C(N)(CCCN=C(N)N)C(=O)O. The van der Waals surface area contributed by atoms with E-state index in [-0.39, 0.29) is 23.9 Å². The summed E-state index contributed by atoms with van der Waals surface area (Å²) in [6.45, 7) is 0.289. The Morgan fingerprint density at radius 1 is 1.40 bits per heavy atom. The van der Waals surface area contributed by atoms with Gasteiger partial charge in [0.1, 0.15) is 4.99 Å². The van der Waals surface area contributed by atoms with E-state index in [1.54, 1.807) is 0 Å². The monoisotopic (exact) mass is 233 g/mol. The van der Waals surface area contributed by atoms with Gasteiger partial charge in [-0.3, -0.25) is 4.99 Å². The fourth-order valence-corrected chi connectivity index (χ4v) is 1.09. The van der Waals surface area contributed by atoms with Crippen LogP contribution in [-0.2, 0) is 4.79 Å². The first-order chi connectivity index (χ1) is 6.80. The third kappa shape index (κ3) is 4.09. The molecule has 0 saturated carbocycles. The molecule has 0 amide bonds. The Kier molecular flexibility index (Phi) is 4.95. The molecule has 0 aliphatic rings. The summed E-state index contributed by atoms with van der Waals surface area (Å²) < 4.78 is 0. The predicted octanol–water partition coefficient (Wildman–Crippen LogP) is -1.89. The second kappa shape index (κ2) is 5.47. The van der Waals surface area contributed by atoms with Gasteiger partial charge in [0.15, 0.2) is 11.5 Å². The Balaban J connectivity index is 4.28. The van der Waals surface area contributed by atoms with Crippen LogP contribution in [0.2, 0.25) is 0 Å². The molecule has 0 fully saturated rings. The molecule has 0 aromatic heterocycles. The summed E-state index contributed by atoms with van der Waals surface area (Å²) in [5, 5.41) is 8.83. The predicted molar refractivity (Wildman–Crippen MR) is 61.3 cm³/mol. The summed E-state index contributed by atoms with van der Waals surface area (Å²) in [5.74, 6) is -1.30. The zero-order chi connectivity index (χ0) is 12.1. The van der Waals surface area contributed by atoms with Crippen LogP contribution in [0.15, 0.2) is 4.99 Å². The fourth-order valence-electron chi connectivity index (χ4n) is 0.902. The number of carbonyl (C=O) groups is 1. The molecule has 1 unspecified atom stereocenters. The van der Waals surface area contributed by atoms with E-state index in [4.69, 9.17) is 28.0 Å². The molecule has 0 bridgehead atoms. The topological polar surface area (TPSA) is 154 Å². The highest BCUT2D eigenvalue weighted by molar-refractivity contribution is 7.80. The van der Waals surface area contributed by atoms with Crippen molar-refractivity contribution in [1.29, 1.82) is 0 Å². The van der Waals surface area contributed by atoms with E-state index in [0.29, 0.717) is 6.42 Å². The van der Waals surface area contributed by atoms with Crippen LogP contribution in [0.1, 0.15) is 12.8 Å². The van der Waals surface area contributed by atoms with Crippen LogP contribution in [0, 0.1) is 0 Å². The molecule has 15 heavy (non-hydrogen) atoms. The van der Waals surface area contributed by atoms with Crippen molar-refractivity contribution in [3.63, 3.8) is 0 Å². The average molecular weight is 233 g/mol. The van der Waals surface area contributed by atoms with Crippen LogP contribution in [0.3, 0.4) is 0 Å². The zero-order valence-corrected chi connectivity index (χ0v) is 8.96. The van der Waals surface area contributed by atoms with E-state index in [1.807, 2.05) is 0 Å². The van der Waals surface area contributed by atoms with Crippen LogP contribution in [0.4, 0.5) is 0 Å². The first-order valence-electron chi connectivity index (χ1n) is 4.18. The Labute approximate surface area is 92.5 Å². The van der Waals surface area contributed by atoms with E-state index < -0.39 is 11.5 Å². The molecule has 0 heterocycles. The van der Waals surface area contributed by atoms with Gasteiger partial charge in [-0.15, -0.1) is 0 Å². The van der Waals surface area contributed by atoms with Crippen molar-refractivity contribution in [3.05, 3.63) is 0 Å². The fraction of sp³-hybridized carbons (Fsp3) is 0.571. The average Bonchev–Trinajstić information content (AvgIpc) is 2.10. The summed E-state index contributed by atoms with van der Waals surface area (Å²) in [7, 11) is 0. The van der Waals surface area contributed by atoms with Gasteiger partial charge < -0.3 is 28.0 Å². The number of carboxylic acids is 1. The molecular weight excluding hydrogens is 218 g/mol. The quantitative estimate of drug-likeness (QED) is 0.155. The highest BCUT2D eigenvalue weighted by Gasteiger charge is 2.36. The molecule has 0 saturated heterocycles. The number of guanidine groups is 1. The zero-order valence-electron chi connectivity index (χ0n) is 8.14. The molecule has 0 aromatic rings. The lowest BCUT2D eigenvalue weighted by Crippen LogP contribution is -2.57. The number of hydrogen-bond acceptors (Lipinski definition) is 4. The summed E-state index contributed by atoms with van der Waals surface area (Å²) in [6.07, 6.45) is 0.479. The van der Waals surface area contributed by atoms with Crippen molar-refractivity contribution in [3.8, 4) is 0 Å². The van der Waals surface area contributed by atoms with Crippen molar-refractivity contribution in [2.45, 2.75) is 18.4 Å². The van der Waals surface area contributed by atoms with Crippen molar-refractivity contribution in [2.24, 2.45) is 27.9 Å². The maximum absolute atomic E-state index is 10.8. The summed E-state index contributed by atoms with van der Waals surface area (Å²) in [6, 6.07) is 0. The summed E-state index contributed by atoms with van der Waals surface area (Å²) in [5.41, 5.74) is 19.3. The van der Waals surface area contributed by atoms with E-state index in [2.05, 4.69) is 17.2 Å². The van der Waals surface area contributed by atoms with Crippen LogP contribution in [0.25, 0.3) is 0 Å². The van der Waals surface area contributed by atoms with Crippen molar-refractivity contribution in [2.75, 3.05) is 6.54 Å².